The van der Waals surface area contributed by atoms with Crippen LogP contribution in [0.4, 0.5) is 0 Å². The summed E-state index contributed by atoms with van der Waals surface area (Å²) >= 11 is 0. The Labute approximate surface area is 83.0 Å². The van der Waals surface area contributed by atoms with Gasteiger partial charge in [-0.05, 0) is 24.1 Å². The van der Waals surface area contributed by atoms with Crippen LogP contribution in [0.1, 0.15) is 23.0 Å². The molecule has 0 saturated carbocycles. The number of nitrogens with zero attached hydrogens (tertiary/aromatic N) is 1. The van der Waals surface area contributed by atoms with E-state index in [1.807, 2.05) is 13.0 Å². The van der Waals surface area contributed by atoms with E-state index < -0.39 is 0 Å². The molecule has 0 aliphatic heterocycles. The molecule has 1 heterocycles. The van der Waals surface area contributed by atoms with E-state index in [9.17, 15) is 4.79 Å². The van der Waals surface area contributed by atoms with Gasteiger partial charge >= 0.3 is 0 Å². The van der Waals surface area contributed by atoms with Crippen molar-refractivity contribution in [1.29, 1.82) is 0 Å². The van der Waals surface area contributed by atoms with Crippen molar-refractivity contribution < 1.29 is 9.90 Å². The molecule has 4 heteroatoms. The Kier molecular flexibility index (Phi) is 4.07. The Morgan fingerprint density at radius 2 is 2.43 bits per heavy atom. The Balaban J connectivity index is 2.69. The van der Waals surface area contributed by atoms with Crippen molar-refractivity contribution in [2.24, 2.45) is 0 Å². The first kappa shape index (κ1) is 10.7. The number of aliphatic hydroxyl groups excluding tert-OH is 1. The highest BCUT2D eigenvalue weighted by molar-refractivity contribution is 5.92. The third-order valence-electron chi connectivity index (χ3n) is 1.86. The maximum Gasteiger partial charge on any atom is 0.269 e. The standard InChI is InChI=1S/C10H14N2O2/c1-2-8-3-4-11-9(7-8)10(14)12-5-6-13/h3-4,7,13H,2,5-6H2,1H3,(H,12,14). The number of carbonyl (C=O) groups is 1. The number of aryl methyl sites for hydroxylation is 1. The summed E-state index contributed by atoms with van der Waals surface area (Å²) in [6.07, 6.45) is 2.50. The van der Waals surface area contributed by atoms with Crippen molar-refractivity contribution in [1.82, 2.24) is 10.3 Å². The first-order chi connectivity index (χ1) is 6.77. The van der Waals surface area contributed by atoms with Crippen molar-refractivity contribution in [3.8, 4) is 0 Å². The van der Waals surface area contributed by atoms with E-state index in [4.69, 9.17) is 5.11 Å². The zero-order chi connectivity index (χ0) is 10.4. The minimum absolute atomic E-state index is 0.0563. The predicted octanol–water partition coefficient (Wildman–Crippen LogP) is 0.366. The number of rotatable bonds is 4. The third-order valence-corrected chi connectivity index (χ3v) is 1.86. The fourth-order valence-corrected chi connectivity index (χ4v) is 1.08. The maximum atomic E-state index is 11.4. The lowest BCUT2D eigenvalue weighted by atomic mass is 10.2. The molecule has 0 spiro atoms. The van der Waals surface area contributed by atoms with Crippen LogP contribution >= 0.6 is 0 Å². The summed E-state index contributed by atoms with van der Waals surface area (Å²) in [5.74, 6) is -0.241. The predicted molar refractivity (Wildman–Crippen MR) is 53.0 cm³/mol. The number of aliphatic hydroxyl groups is 1. The lowest BCUT2D eigenvalue weighted by molar-refractivity contribution is 0.0939. The summed E-state index contributed by atoms with van der Waals surface area (Å²) in [6, 6.07) is 3.63. The van der Waals surface area contributed by atoms with E-state index in [1.54, 1.807) is 12.3 Å². The Bertz CT molecular complexity index is 313. The molecule has 76 valence electrons. The second-order valence-electron chi connectivity index (χ2n) is 2.88. The molecule has 1 amide bonds. The van der Waals surface area contributed by atoms with E-state index in [0.29, 0.717) is 5.69 Å². The van der Waals surface area contributed by atoms with Crippen LogP contribution in [-0.2, 0) is 6.42 Å². The average Bonchev–Trinajstić information content (AvgIpc) is 2.26. The van der Waals surface area contributed by atoms with Gasteiger partial charge in [-0.2, -0.15) is 0 Å². The van der Waals surface area contributed by atoms with Crippen LogP contribution in [0, 0.1) is 0 Å². The number of nitrogens with one attached hydrogen (secondary N) is 1. The third kappa shape index (κ3) is 2.81. The second-order valence-corrected chi connectivity index (χ2v) is 2.88. The number of hydrogen-bond donors (Lipinski definition) is 2. The number of carbonyl (C=O) groups excluding carboxylic acids is 1. The van der Waals surface area contributed by atoms with Crippen LogP contribution in [0.25, 0.3) is 0 Å². The SMILES string of the molecule is CCc1ccnc(C(=O)NCCO)c1. The smallest absolute Gasteiger partial charge is 0.269 e. The van der Waals surface area contributed by atoms with Crippen molar-refractivity contribution in [3.05, 3.63) is 29.6 Å². The van der Waals surface area contributed by atoms with Crippen LogP contribution in [-0.4, -0.2) is 29.1 Å². The van der Waals surface area contributed by atoms with Crippen LogP contribution in [0.3, 0.4) is 0 Å². The van der Waals surface area contributed by atoms with Crippen LogP contribution in [0.15, 0.2) is 18.3 Å². The van der Waals surface area contributed by atoms with E-state index in [2.05, 4.69) is 10.3 Å². The van der Waals surface area contributed by atoms with Gasteiger partial charge in [-0.15, -0.1) is 0 Å². The van der Waals surface area contributed by atoms with Crippen LogP contribution < -0.4 is 5.32 Å². The molecule has 0 aliphatic carbocycles. The summed E-state index contributed by atoms with van der Waals surface area (Å²) < 4.78 is 0. The van der Waals surface area contributed by atoms with Crippen molar-refractivity contribution in [2.45, 2.75) is 13.3 Å². The van der Waals surface area contributed by atoms with Gasteiger partial charge in [0, 0.05) is 12.7 Å². The highest BCUT2D eigenvalue weighted by Gasteiger charge is 2.05. The zero-order valence-corrected chi connectivity index (χ0v) is 8.16. The second kappa shape index (κ2) is 5.34. The Hall–Kier alpha value is -1.42. The number of hydrogen-bond acceptors (Lipinski definition) is 3. The summed E-state index contributed by atoms with van der Waals surface area (Å²) in [4.78, 5) is 15.3. The number of amides is 1. The minimum Gasteiger partial charge on any atom is -0.395 e. The molecular formula is C10H14N2O2. The molecule has 0 radical (unpaired) electrons. The Morgan fingerprint density at radius 3 is 3.07 bits per heavy atom. The molecule has 0 atom stereocenters. The highest BCUT2D eigenvalue weighted by atomic mass is 16.3. The average molecular weight is 194 g/mol. The van der Waals surface area contributed by atoms with Gasteiger partial charge in [-0.25, -0.2) is 0 Å². The molecular weight excluding hydrogens is 180 g/mol. The summed E-state index contributed by atoms with van der Waals surface area (Å²) in [5.41, 5.74) is 1.48. The maximum absolute atomic E-state index is 11.4. The molecule has 2 N–H and O–H groups in total. The van der Waals surface area contributed by atoms with E-state index in [1.165, 1.54) is 0 Å². The molecule has 0 fully saturated rings. The molecule has 0 aromatic carbocycles. The van der Waals surface area contributed by atoms with Gasteiger partial charge in [-0.3, -0.25) is 9.78 Å². The van der Waals surface area contributed by atoms with E-state index in [-0.39, 0.29) is 19.1 Å². The zero-order valence-electron chi connectivity index (χ0n) is 8.16. The van der Waals surface area contributed by atoms with Crippen molar-refractivity contribution in [3.63, 3.8) is 0 Å². The molecule has 0 aliphatic rings. The van der Waals surface area contributed by atoms with Crippen LogP contribution in [0.2, 0.25) is 0 Å². The van der Waals surface area contributed by atoms with Gasteiger partial charge in [0.15, 0.2) is 0 Å². The molecule has 0 unspecified atom stereocenters. The summed E-state index contributed by atoms with van der Waals surface area (Å²) in [5, 5.41) is 11.1. The van der Waals surface area contributed by atoms with E-state index >= 15 is 0 Å². The summed E-state index contributed by atoms with van der Waals surface area (Å²) in [6.45, 7) is 2.22. The fraction of sp³-hybridized carbons (Fsp3) is 0.400. The van der Waals surface area contributed by atoms with Gasteiger partial charge in [-0.1, -0.05) is 6.92 Å². The minimum atomic E-state index is -0.241. The van der Waals surface area contributed by atoms with Crippen LogP contribution in [0.5, 0.6) is 0 Å². The molecule has 1 aromatic rings. The Morgan fingerprint density at radius 1 is 1.64 bits per heavy atom. The van der Waals surface area contributed by atoms with Gasteiger partial charge in [0.2, 0.25) is 0 Å². The molecule has 1 aromatic heterocycles. The molecule has 14 heavy (non-hydrogen) atoms. The van der Waals surface area contributed by atoms with Gasteiger partial charge in [0.1, 0.15) is 5.69 Å². The number of aromatic nitrogens is 1. The lowest BCUT2D eigenvalue weighted by Gasteiger charge is -2.03. The van der Waals surface area contributed by atoms with Gasteiger partial charge in [0.25, 0.3) is 5.91 Å². The molecule has 0 bridgehead atoms. The van der Waals surface area contributed by atoms with E-state index in [0.717, 1.165) is 12.0 Å². The molecule has 4 nitrogen and oxygen atoms in total. The van der Waals surface area contributed by atoms with Gasteiger partial charge < -0.3 is 10.4 Å². The fourth-order valence-electron chi connectivity index (χ4n) is 1.08. The quantitative estimate of drug-likeness (QED) is 0.727. The lowest BCUT2D eigenvalue weighted by Crippen LogP contribution is -2.27. The number of pyridine rings is 1. The van der Waals surface area contributed by atoms with Gasteiger partial charge in [0.05, 0.1) is 6.61 Å². The van der Waals surface area contributed by atoms with Crippen molar-refractivity contribution >= 4 is 5.91 Å². The first-order valence-corrected chi connectivity index (χ1v) is 4.62. The molecule has 1 rings (SSSR count). The summed E-state index contributed by atoms with van der Waals surface area (Å²) in [7, 11) is 0. The normalized spacial score (nSPS) is 9.86. The monoisotopic (exact) mass is 194 g/mol. The van der Waals surface area contributed by atoms with Crippen molar-refractivity contribution in [2.75, 3.05) is 13.2 Å². The first-order valence-electron chi connectivity index (χ1n) is 4.62. The topological polar surface area (TPSA) is 62.2 Å². The highest BCUT2D eigenvalue weighted by Crippen LogP contribution is 2.02. The molecule has 0 saturated heterocycles. The largest absolute Gasteiger partial charge is 0.395 e.